The molecule has 0 heterocycles. The Kier molecular flexibility index (Phi) is 4.55. The maximum Gasteiger partial charge on any atom is 0.257 e. The highest BCUT2D eigenvalue weighted by Gasteiger charge is 2.17. The van der Waals surface area contributed by atoms with Gasteiger partial charge in [0, 0.05) is 17.2 Å². The van der Waals surface area contributed by atoms with Gasteiger partial charge in [-0.05, 0) is 47.7 Å². The third-order valence-electron chi connectivity index (χ3n) is 2.07. The minimum atomic E-state index is -0.584. The van der Waals surface area contributed by atoms with E-state index in [0.29, 0.717) is 0 Å². The summed E-state index contributed by atoms with van der Waals surface area (Å²) in [5, 5.41) is 18.8. The van der Waals surface area contributed by atoms with Gasteiger partial charge in [-0.1, -0.05) is 0 Å². The van der Waals surface area contributed by atoms with Crippen LogP contribution in [-0.2, 0) is 0 Å². The molecule has 0 spiro atoms. The van der Waals surface area contributed by atoms with Gasteiger partial charge < -0.3 is 15.1 Å². The minimum Gasteiger partial charge on any atom is -0.507 e. The summed E-state index contributed by atoms with van der Waals surface area (Å²) >= 11 is 2.07. The van der Waals surface area contributed by atoms with Crippen LogP contribution in [0.2, 0.25) is 0 Å². The summed E-state index contributed by atoms with van der Waals surface area (Å²) in [5.74, 6) is -0.334. The molecule has 0 bridgehead atoms. The zero-order chi connectivity index (χ0) is 12.3. The largest absolute Gasteiger partial charge is 0.507 e. The van der Waals surface area contributed by atoms with Crippen LogP contribution >= 0.6 is 22.6 Å². The van der Waals surface area contributed by atoms with Gasteiger partial charge in [-0.25, -0.2) is 0 Å². The molecule has 0 saturated heterocycles. The van der Waals surface area contributed by atoms with Crippen LogP contribution in [0.4, 0.5) is 0 Å². The van der Waals surface area contributed by atoms with Gasteiger partial charge in [0.15, 0.2) is 0 Å². The van der Waals surface area contributed by atoms with Crippen molar-refractivity contribution < 1.29 is 15.0 Å². The Morgan fingerprint density at radius 3 is 2.75 bits per heavy atom. The molecule has 4 nitrogen and oxygen atoms in total. The second kappa shape index (κ2) is 5.49. The third kappa shape index (κ3) is 3.34. The van der Waals surface area contributed by atoms with E-state index < -0.39 is 6.10 Å². The fourth-order valence-corrected chi connectivity index (χ4v) is 1.86. The summed E-state index contributed by atoms with van der Waals surface area (Å²) < 4.78 is 0.879. The number of halogens is 1. The Balaban J connectivity index is 2.91. The van der Waals surface area contributed by atoms with E-state index in [1.54, 1.807) is 26.1 Å². The zero-order valence-corrected chi connectivity index (χ0v) is 11.3. The van der Waals surface area contributed by atoms with Gasteiger partial charge in [0.25, 0.3) is 5.91 Å². The predicted octanol–water partition coefficient (Wildman–Crippen LogP) is 1.45. The summed E-state index contributed by atoms with van der Waals surface area (Å²) in [4.78, 5) is 13.3. The third-order valence-corrected chi connectivity index (χ3v) is 2.74. The molecule has 0 aliphatic heterocycles. The average molecular weight is 335 g/mol. The summed E-state index contributed by atoms with van der Waals surface area (Å²) in [5.41, 5.74) is 0.259. The Hall–Kier alpha value is -0.820. The number of phenolic OH excluding ortho intramolecular Hbond substituents is 1. The normalized spacial score (nSPS) is 12.2. The molecule has 0 saturated carbocycles. The maximum atomic E-state index is 11.9. The maximum absolute atomic E-state index is 11.9. The van der Waals surface area contributed by atoms with Crippen LogP contribution in [0.25, 0.3) is 0 Å². The molecule has 88 valence electrons. The number of benzene rings is 1. The smallest absolute Gasteiger partial charge is 0.257 e. The van der Waals surface area contributed by atoms with Gasteiger partial charge in [0.05, 0.1) is 11.7 Å². The van der Waals surface area contributed by atoms with Crippen LogP contribution in [-0.4, -0.2) is 40.7 Å². The molecule has 1 rings (SSSR count). The van der Waals surface area contributed by atoms with Crippen molar-refractivity contribution in [2.45, 2.75) is 13.0 Å². The second-order valence-corrected chi connectivity index (χ2v) is 4.94. The van der Waals surface area contributed by atoms with Gasteiger partial charge >= 0.3 is 0 Å². The lowest BCUT2D eigenvalue weighted by Gasteiger charge is -2.19. The van der Waals surface area contributed by atoms with Crippen LogP contribution in [0.5, 0.6) is 5.75 Å². The zero-order valence-electron chi connectivity index (χ0n) is 9.14. The Morgan fingerprint density at radius 2 is 2.19 bits per heavy atom. The van der Waals surface area contributed by atoms with Crippen molar-refractivity contribution in [3.8, 4) is 5.75 Å². The number of likely N-dealkylation sites (N-methyl/N-ethyl adjacent to an activating group) is 1. The number of aliphatic hydroxyl groups excluding tert-OH is 1. The quantitative estimate of drug-likeness (QED) is 0.822. The number of amides is 1. The molecular formula is C11H14INO3. The molecule has 2 N–H and O–H groups in total. The molecular weight excluding hydrogens is 321 g/mol. The van der Waals surface area contributed by atoms with Crippen molar-refractivity contribution in [1.29, 1.82) is 0 Å². The van der Waals surface area contributed by atoms with Crippen molar-refractivity contribution >= 4 is 28.5 Å². The molecule has 16 heavy (non-hydrogen) atoms. The molecule has 1 atom stereocenters. The lowest BCUT2D eigenvalue weighted by molar-refractivity contribution is 0.0700. The first-order valence-corrected chi connectivity index (χ1v) is 5.91. The lowest BCUT2D eigenvalue weighted by atomic mass is 10.1. The van der Waals surface area contributed by atoms with Gasteiger partial charge in [-0.3, -0.25) is 4.79 Å². The van der Waals surface area contributed by atoms with E-state index in [-0.39, 0.29) is 23.8 Å². The topological polar surface area (TPSA) is 60.8 Å². The number of nitrogens with zero attached hydrogens (tertiary/aromatic N) is 1. The van der Waals surface area contributed by atoms with Gasteiger partial charge in [0.1, 0.15) is 5.75 Å². The highest BCUT2D eigenvalue weighted by Crippen LogP contribution is 2.21. The molecule has 1 aromatic rings. The number of rotatable bonds is 3. The van der Waals surface area contributed by atoms with Crippen LogP contribution in [0.3, 0.4) is 0 Å². The van der Waals surface area contributed by atoms with Crippen LogP contribution in [0, 0.1) is 3.57 Å². The van der Waals surface area contributed by atoms with Crippen molar-refractivity contribution in [2.24, 2.45) is 0 Å². The molecule has 1 amide bonds. The summed E-state index contributed by atoms with van der Waals surface area (Å²) in [6.07, 6.45) is -0.584. The van der Waals surface area contributed by atoms with E-state index in [2.05, 4.69) is 22.6 Å². The Bertz CT molecular complexity index is 393. The van der Waals surface area contributed by atoms with E-state index in [9.17, 15) is 15.0 Å². The number of carbonyl (C=O) groups is 1. The van der Waals surface area contributed by atoms with E-state index in [4.69, 9.17) is 0 Å². The van der Waals surface area contributed by atoms with Crippen molar-refractivity contribution in [3.63, 3.8) is 0 Å². The average Bonchev–Trinajstić information content (AvgIpc) is 2.19. The highest BCUT2D eigenvalue weighted by atomic mass is 127. The number of aromatic hydroxyl groups is 1. The molecule has 0 aliphatic carbocycles. The molecule has 0 aliphatic rings. The van der Waals surface area contributed by atoms with E-state index in [1.807, 2.05) is 0 Å². The fraction of sp³-hybridized carbons (Fsp3) is 0.364. The highest BCUT2D eigenvalue weighted by molar-refractivity contribution is 14.1. The number of hydrogen-bond donors (Lipinski definition) is 2. The standard InChI is InChI=1S/C11H14INO3/c1-7(14)6-13(2)11(16)9-5-8(12)3-4-10(9)15/h3-5,7,14-15H,6H2,1-2H3. The monoisotopic (exact) mass is 335 g/mol. The number of carbonyl (C=O) groups excluding carboxylic acids is 1. The molecule has 0 radical (unpaired) electrons. The molecule has 1 unspecified atom stereocenters. The molecule has 0 aromatic heterocycles. The number of aliphatic hydroxyl groups is 1. The van der Waals surface area contributed by atoms with Gasteiger partial charge in [-0.15, -0.1) is 0 Å². The molecule has 5 heteroatoms. The first-order valence-electron chi connectivity index (χ1n) is 4.84. The van der Waals surface area contributed by atoms with Crippen molar-refractivity contribution in [2.75, 3.05) is 13.6 Å². The van der Waals surface area contributed by atoms with E-state index in [0.717, 1.165) is 3.57 Å². The summed E-state index contributed by atoms with van der Waals surface area (Å²) in [7, 11) is 1.59. The second-order valence-electron chi connectivity index (χ2n) is 3.70. The molecule has 1 aromatic carbocycles. The minimum absolute atomic E-state index is 0.0390. The van der Waals surface area contributed by atoms with Crippen LogP contribution in [0.15, 0.2) is 18.2 Å². The Morgan fingerprint density at radius 1 is 1.56 bits per heavy atom. The van der Waals surface area contributed by atoms with Gasteiger partial charge in [0.2, 0.25) is 0 Å². The van der Waals surface area contributed by atoms with Crippen LogP contribution in [0.1, 0.15) is 17.3 Å². The first-order chi connectivity index (χ1) is 7.41. The van der Waals surface area contributed by atoms with Gasteiger partial charge in [-0.2, -0.15) is 0 Å². The summed E-state index contributed by atoms with van der Waals surface area (Å²) in [6.45, 7) is 1.85. The lowest BCUT2D eigenvalue weighted by Crippen LogP contribution is -2.33. The van der Waals surface area contributed by atoms with Crippen LogP contribution < -0.4 is 0 Å². The van der Waals surface area contributed by atoms with Crippen molar-refractivity contribution in [1.82, 2.24) is 4.90 Å². The van der Waals surface area contributed by atoms with E-state index >= 15 is 0 Å². The fourth-order valence-electron chi connectivity index (χ4n) is 1.36. The predicted molar refractivity (Wildman–Crippen MR) is 69.5 cm³/mol. The number of phenols is 1. The molecule has 0 fully saturated rings. The number of hydrogen-bond acceptors (Lipinski definition) is 3. The SMILES string of the molecule is CC(O)CN(C)C(=O)c1cc(I)ccc1O. The Labute approximate surface area is 108 Å². The summed E-state index contributed by atoms with van der Waals surface area (Å²) in [6, 6.07) is 4.84. The first kappa shape index (κ1) is 13.2. The van der Waals surface area contributed by atoms with Crippen molar-refractivity contribution in [3.05, 3.63) is 27.3 Å². The van der Waals surface area contributed by atoms with E-state index in [1.165, 1.54) is 11.0 Å².